The van der Waals surface area contributed by atoms with Crippen molar-refractivity contribution in [1.82, 2.24) is 5.01 Å². The minimum Gasteiger partial charge on any atom is -0.496 e. The fourth-order valence-corrected chi connectivity index (χ4v) is 3.79. The quantitative estimate of drug-likeness (QED) is 0.509. The summed E-state index contributed by atoms with van der Waals surface area (Å²) in [7, 11) is 1.65. The van der Waals surface area contributed by atoms with Crippen LogP contribution in [0.2, 0.25) is 0 Å². The summed E-state index contributed by atoms with van der Waals surface area (Å²) in [6.07, 6.45) is 0.625. The Labute approximate surface area is 178 Å². The van der Waals surface area contributed by atoms with Crippen LogP contribution in [0.5, 0.6) is 5.75 Å². The lowest BCUT2D eigenvalue weighted by Crippen LogP contribution is -2.27. The highest BCUT2D eigenvalue weighted by molar-refractivity contribution is 9.10. The zero-order valence-corrected chi connectivity index (χ0v) is 17.9. The van der Waals surface area contributed by atoms with Gasteiger partial charge in [0.2, 0.25) is 0 Å². The summed E-state index contributed by atoms with van der Waals surface area (Å²) in [6, 6.07) is 23.2. The van der Waals surface area contributed by atoms with Gasteiger partial charge in [-0.3, -0.25) is 4.79 Å². The number of aryl methyl sites for hydroxylation is 1. The van der Waals surface area contributed by atoms with E-state index in [4.69, 9.17) is 9.84 Å². The monoisotopic (exact) mass is 448 g/mol. The van der Waals surface area contributed by atoms with E-state index in [2.05, 4.69) is 15.9 Å². The van der Waals surface area contributed by atoms with E-state index in [1.54, 1.807) is 12.1 Å². The molecule has 0 saturated carbocycles. The van der Waals surface area contributed by atoms with E-state index in [0.29, 0.717) is 12.0 Å². The fourth-order valence-electron chi connectivity index (χ4n) is 3.53. The van der Waals surface area contributed by atoms with E-state index in [0.717, 1.165) is 32.6 Å². The van der Waals surface area contributed by atoms with E-state index in [1.165, 1.54) is 0 Å². The molecule has 146 valence electrons. The Balaban J connectivity index is 1.76. The highest BCUT2D eigenvalue weighted by Gasteiger charge is 2.35. The summed E-state index contributed by atoms with van der Waals surface area (Å²) >= 11 is 3.47. The van der Waals surface area contributed by atoms with Gasteiger partial charge in [0, 0.05) is 22.0 Å². The lowest BCUT2D eigenvalue weighted by Gasteiger charge is -2.23. The van der Waals surface area contributed by atoms with E-state index >= 15 is 0 Å². The number of nitrogens with zero attached hydrogens (tertiary/aromatic N) is 2. The molecule has 29 heavy (non-hydrogen) atoms. The van der Waals surface area contributed by atoms with Crippen LogP contribution in [0.25, 0.3) is 0 Å². The number of methoxy groups -OCH3 is 1. The molecule has 1 atom stereocenters. The van der Waals surface area contributed by atoms with Gasteiger partial charge in [-0.15, -0.1) is 0 Å². The number of hydrogen-bond acceptors (Lipinski definition) is 3. The summed E-state index contributed by atoms with van der Waals surface area (Å²) in [5.41, 5.74) is 4.58. The standard InChI is InChI=1S/C24H21BrN2O2/c1-16-7-9-18(10-8-16)24(28)27-22(20-5-3-4-6-23(20)29-2)15-21(26-27)17-11-13-19(25)14-12-17/h3-14,22H,15H2,1-2H3/t22-/m1/s1. The van der Waals surface area contributed by atoms with Gasteiger partial charge in [-0.25, -0.2) is 5.01 Å². The van der Waals surface area contributed by atoms with Gasteiger partial charge >= 0.3 is 0 Å². The van der Waals surface area contributed by atoms with Crippen molar-refractivity contribution in [3.8, 4) is 5.75 Å². The summed E-state index contributed by atoms with van der Waals surface area (Å²) < 4.78 is 6.58. The van der Waals surface area contributed by atoms with Crippen LogP contribution in [0, 0.1) is 6.92 Å². The second-order valence-corrected chi connectivity index (χ2v) is 7.95. The lowest BCUT2D eigenvalue weighted by molar-refractivity contribution is 0.0709. The van der Waals surface area contributed by atoms with Gasteiger partial charge in [-0.05, 0) is 42.8 Å². The molecule has 3 aromatic rings. The molecule has 0 aromatic heterocycles. The minimum absolute atomic E-state index is 0.118. The Kier molecular flexibility index (Phi) is 5.49. The number of carbonyl (C=O) groups is 1. The molecule has 0 bridgehead atoms. The second-order valence-electron chi connectivity index (χ2n) is 7.03. The molecule has 0 aliphatic carbocycles. The molecule has 4 rings (SSSR count). The van der Waals surface area contributed by atoms with Crippen molar-refractivity contribution in [2.45, 2.75) is 19.4 Å². The van der Waals surface area contributed by atoms with Crippen LogP contribution in [0.15, 0.2) is 82.4 Å². The third-order valence-corrected chi connectivity index (χ3v) is 5.62. The van der Waals surface area contributed by atoms with Crippen molar-refractivity contribution in [3.63, 3.8) is 0 Å². The molecule has 1 heterocycles. The molecule has 5 heteroatoms. The van der Waals surface area contributed by atoms with Crippen LogP contribution in [-0.4, -0.2) is 23.7 Å². The summed E-state index contributed by atoms with van der Waals surface area (Å²) in [6.45, 7) is 2.01. The van der Waals surface area contributed by atoms with E-state index in [9.17, 15) is 4.79 Å². The molecule has 1 aliphatic rings. The first-order valence-electron chi connectivity index (χ1n) is 9.43. The van der Waals surface area contributed by atoms with Gasteiger partial charge in [-0.2, -0.15) is 5.10 Å². The van der Waals surface area contributed by atoms with Gasteiger partial charge in [0.05, 0.1) is 18.9 Å². The zero-order valence-electron chi connectivity index (χ0n) is 16.3. The molecule has 4 nitrogen and oxygen atoms in total. The number of hydrazone groups is 1. The molecule has 0 radical (unpaired) electrons. The van der Waals surface area contributed by atoms with E-state index in [-0.39, 0.29) is 11.9 Å². The Morgan fingerprint density at radius 1 is 1.03 bits per heavy atom. The topological polar surface area (TPSA) is 41.9 Å². The van der Waals surface area contributed by atoms with Crippen LogP contribution in [0.4, 0.5) is 0 Å². The number of hydrogen-bond donors (Lipinski definition) is 0. The zero-order chi connectivity index (χ0) is 20.4. The molecule has 0 N–H and O–H groups in total. The maximum Gasteiger partial charge on any atom is 0.274 e. The van der Waals surface area contributed by atoms with Crippen molar-refractivity contribution in [1.29, 1.82) is 0 Å². The Morgan fingerprint density at radius 2 is 1.72 bits per heavy atom. The number of amides is 1. The number of benzene rings is 3. The molecular formula is C24H21BrN2O2. The predicted molar refractivity (Wildman–Crippen MR) is 118 cm³/mol. The first-order chi connectivity index (χ1) is 14.1. The molecule has 1 amide bonds. The summed E-state index contributed by atoms with van der Waals surface area (Å²) in [5.74, 6) is 0.638. The third-order valence-electron chi connectivity index (χ3n) is 5.09. The first-order valence-corrected chi connectivity index (χ1v) is 10.2. The van der Waals surface area contributed by atoms with Crippen molar-refractivity contribution >= 4 is 27.5 Å². The van der Waals surface area contributed by atoms with Gasteiger partial charge < -0.3 is 4.74 Å². The smallest absolute Gasteiger partial charge is 0.274 e. The van der Waals surface area contributed by atoms with Crippen LogP contribution >= 0.6 is 15.9 Å². The summed E-state index contributed by atoms with van der Waals surface area (Å²) in [5, 5.41) is 6.35. The minimum atomic E-state index is -0.224. The molecular weight excluding hydrogens is 428 g/mol. The normalized spacial score (nSPS) is 15.9. The SMILES string of the molecule is COc1ccccc1[C@H]1CC(c2ccc(Br)cc2)=NN1C(=O)c1ccc(C)cc1. The molecule has 0 fully saturated rings. The van der Waals surface area contributed by atoms with Gasteiger partial charge in [0.25, 0.3) is 5.91 Å². The van der Waals surface area contributed by atoms with Crippen LogP contribution in [-0.2, 0) is 0 Å². The Morgan fingerprint density at radius 3 is 2.41 bits per heavy atom. The number of para-hydroxylation sites is 1. The van der Waals surface area contributed by atoms with Crippen LogP contribution < -0.4 is 4.74 Å². The van der Waals surface area contributed by atoms with Crippen LogP contribution in [0.3, 0.4) is 0 Å². The fraction of sp³-hybridized carbons (Fsp3) is 0.167. The van der Waals surface area contributed by atoms with E-state index in [1.807, 2.05) is 79.7 Å². The third kappa shape index (κ3) is 3.96. The molecule has 0 unspecified atom stereocenters. The second kappa shape index (κ2) is 8.21. The summed E-state index contributed by atoms with van der Waals surface area (Å²) in [4.78, 5) is 13.3. The largest absolute Gasteiger partial charge is 0.496 e. The number of ether oxygens (including phenoxy) is 1. The maximum absolute atomic E-state index is 13.3. The van der Waals surface area contributed by atoms with Crippen LogP contribution in [0.1, 0.15) is 39.5 Å². The van der Waals surface area contributed by atoms with Crippen molar-refractivity contribution < 1.29 is 9.53 Å². The van der Waals surface area contributed by atoms with Gasteiger partial charge in [0.1, 0.15) is 5.75 Å². The molecule has 0 spiro atoms. The Bertz CT molecular complexity index is 1060. The number of rotatable bonds is 4. The van der Waals surface area contributed by atoms with Crippen molar-refractivity contribution in [3.05, 3.63) is 99.5 Å². The van der Waals surface area contributed by atoms with Crippen molar-refractivity contribution in [2.75, 3.05) is 7.11 Å². The molecule has 3 aromatic carbocycles. The highest BCUT2D eigenvalue weighted by atomic mass is 79.9. The first kappa shape index (κ1) is 19.4. The van der Waals surface area contributed by atoms with Gasteiger partial charge in [0.15, 0.2) is 0 Å². The Hall–Kier alpha value is -2.92. The highest BCUT2D eigenvalue weighted by Crippen LogP contribution is 2.38. The number of halogens is 1. The number of carbonyl (C=O) groups excluding carboxylic acids is 1. The predicted octanol–water partition coefficient (Wildman–Crippen LogP) is 5.76. The molecule has 0 saturated heterocycles. The maximum atomic E-state index is 13.3. The van der Waals surface area contributed by atoms with E-state index < -0.39 is 0 Å². The van der Waals surface area contributed by atoms with Gasteiger partial charge in [-0.1, -0.05) is 64.0 Å². The lowest BCUT2D eigenvalue weighted by atomic mass is 9.97. The average Bonchev–Trinajstić information content (AvgIpc) is 3.19. The average molecular weight is 449 g/mol. The molecule has 1 aliphatic heterocycles. The van der Waals surface area contributed by atoms with Crippen molar-refractivity contribution in [2.24, 2.45) is 5.10 Å².